The van der Waals surface area contributed by atoms with Gasteiger partial charge in [0, 0.05) is 50.6 Å². The number of benzene rings is 1. The molecule has 3 rings (SSSR count). The van der Waals surface area contributed by atoms with Gasteiger partial charge in [0.1, 0.15) is 5.82 Å². The number of halogens is 2. The Morgan fingerprint density at radius 2 is 1.97 bits per heavy atom. The molecule has 3 amide bonds. The molecular weight excluding hydrogens is 483 g/mol. The van der Waals surface area contributed by atoms with Crippen molar-refractivity contribution in [1.82, 2.24) is 20.9 Å². The summed E-state index contributed by atoms with van der Waals surface area (Å²) in [5.74, 6) is -0.0598. The van der Waals surface area contributed by atoms with Gasteiger partial charge in [-0.3, -0.25) is 4.79 Å². The summed E-state index contributed by atoms with van der Waals surface area (Å²) in [7, 11) is 1.92. The molecule has 3 atom stereocenters. The second kappa shape index (κ2) is 14.7. The minimum Gasteiger partial charge on any atom is -0.371 e. The molecule has 1 aromatic rings. The van der Waals surface area contributed by atoms with Crippen molar-refractivity contribution in [1.29, 1.82) is 0 Å². The Morgan fingerprint density at radius 1 is 1.19 bits per heavy atom. The van der Waals surface area contributed by atoms with E-state index < -0.39 is 11.9 Å². The number of ether oxygens (including phenoxy) is 1. The lowest BCUT2D eigenvalue weighted by Crippen LogP contribution is -2.52. The lowest BCUT2D eigenvalue weighted by molar-refractivity contribution is -0.119. The van der Waals surface area contributed by atoms with Crippen molar-refractivity contribution in [3.63, 3.8) is 0 Å². The lowest BCUT2D eigenvalue weighted by atomic mass is 9.85. The third-order valence-corrected chi connectivity index (χ3v) is 7.65. The zero-order chi connectivity index (χ0) is 25.9. The van der Waals surface area contributed by atoms with Gasteiger partial charge in [0.05, 0.1) is 17.7 Å². The number of likely N-dealkylation sites (tertiary alicyclic amines) is 1. The molecule has 0 bridgehead atoms. The maximum atomic E-state index is 15.0. The number of hydrogen-bond acceptors (Lipinski definition) is 4. The topological polar surface area (TPSA) is 82.7 Å². The zero-order valence-corrected chi connectivity index (χ0v) is 22.4. The third kappa shape index (κ3) is 8.60. The van der Waals surface area contributed by atoms with Crippen LogP contribution in [0.25, 0.3) is 0 Å². The van der Waals surface area contributed by atoms with Crippen LogP contribution in [-0.2, 0) is 9.53 Å². The Morgan fingerprint density at radius 3 is 2.69 bits per heavy atom. The fourth-order valence-corrected chi connectivity index (χ4v) is 5.79. The second-order valence-electron chi connectivity index (χ2n) is 10.2. The van der Waals surface area contributed by atoms with Crippen molar-refractivity contribution in [3.05, 3.63) is 34.6 Å². The van der Waals surface area contributed by atoms with Crippen LogP contribution in [0.15, 0.2) is 18.2 Å². The molecule has 9 heteroatoms. The number of nitrogens with one attached hydrogen (secondary N) is 3. The van der Waals surface area contributed by atoms with Crippen molar-refractivity contribution >= 4 is 23.5 Å². The van der Waals surface area contributed by atoms with Gasteiger partial charge in [-0.1, -0.05) is 55.8 Å². The molecule has 1 aromatic carbocycles. The monoisotopic (exact) mass is 524 g/mol. The van der Waals surface area contributed by atoms with Crippen LogP contribution in [0.4, 0.5) is 9.18 Å². The summed E-state index contributed by atoms with van der Waals surface area (Å²) in [5.41, 5.74) is 0.392. The van der Waals surface area contributed by atoms with Crippen molar-refractivity contribution in [2.45, 2.75) is 70.4 Å². The van der Waals surface area contributed by atoms with Gasteiger partial charge in [0.2, 0.25) is 5.91 Å². The summed E-state index contributed by atoms with van der Waals surface area (Å²) in [6.45, 7) is 3.89. The Bertz CT molecular complexity index is 852. The van der Waals surface area contributed by atoms with Crippen LogP contribution in [0, 0.1) is 17.7 Å². The summed E-state index contributed by atoms with van der Waals surface area (Å²) >= 11 is 6.08. The fourth-order valence-electron chi connectivity index (χ4n) is 5.61. The maximum absolute atomic E-state index is 15.0. The molecule has 2 aliphatic rings. The highest BCUT2D eigenvalue weighted by molar-refractivity contribution is 6.30. The van der Waals surface area contributed by atoms with Crippen LogP contribution in [-0.4, -0.2) is 62.7 Å². The zero-order valence-electron chi connectivity index (χ0n) is 21.7. The first-order valence-corrected chi connectivity index (χ1v) is 13.8. The van der Waals surface area contributed by atoms with Crippen molar-refractivity contribution in [3.8, 4) is 0 Å². The van der Waals surface area contributed by atoms with Crippen LogP contribution in [0.5, 0.6) is 0 Å². The van der Waals surface area contributed by atoms with E-state index in [2.05, 4.69) is 16.0 Å². The number of rotatable bonds is 11. The van der Waals surface area contributed by atoms with E-state index in [4.69, 9.17) is 16.3 Å². The van der Waals surface area contributed by atoms with Crippen LogP contribution in [0.1, 0.15) is 70.0 Å². The average Bonchev–Trinajstić information content (AvgIpc) is 2.87. The van der Waals surface area contributed by atoms with E-state index in [1.165, 1.54) is 45.1 Å². The van der Waals surface area contributed by atoms with Gasteiger partial charge in [0.15, 0.2) is 0 Å². The van der Waals surface area contributed by atoms with Gasteiger partial charge in [-0.15, -0.1) is 0 Å². The molecule has 2 fully saturated rings. The van der Waals surface area contributed by atoms with Crippen LogP contribution in [0.3, 0.4) is 0 Å². The molecule has 3 N–H and O–H groups in total. The molecule has 1 aliphatic carbocycles. The van der Waals surface area contributed by atoms with Crippen LogP contribution >= 0.6 is 11.6 Å². The summed E-state index contributed by atoms with van der Waals surface area (Å²) in [5, 5.41) is 9.24. The van der Waals surface area contributed by atoms with E-state index in [1.807, 2.05) is 11.9 Å². The highest BCUT2D eigenvalue weighted by Crippen LogP contribution is 2.36. The molecule has 1 heterocycles. The predicted molar refractivity (Wildman–Crippen MR) is 141 cm³/mol. The number of amides is 3. The molecule has 1 saturated carbocycles. The minimum absolute atomic E-state index is 0.0472. The quantitative estimate of drug-likeness (QED) is 0.368. The normalized spacial score (nSPS) is 20.6. The van der Waals surface area contributed by atoms with Crippen molar-refractivity contribution < 1.29 is 18.7 Å². The molecule has 1 aliphatic heterocycles. The Hall–Kier alpha value is -1.90. The summed E-state index contributed by atoms with van der Waals surface area (Å²) < 4.78 is 21.1. The summed E-state index contributed by atoms with van der Waals surface area (Å²) in [6, 6.07) is 4.94. The Kier molecular flexibility index (Phi) is 11.7. The number of nitrogens with zero attached hydrogens (tertiary/aromatic N) is 1. The van der Waals surface area contributed by atoms with Crippen molar-refractivity contribution in [2.24, 2.45) is 11.8 Å². The predicted octanol–water partition coefficient (Wildman–Crippen LogP) is 4.65. The van der Waals surface area contributed by atoms with Crippen molar-refractivity contribution in [2.75, 3.05) is 39.8 Å². The molecule has 2 unspecified atom stereocenters. The number of urea groups is 1. The SMILES string of the molecule is CNCC(CC1CCCCC1)NC(=O)N1CCCC([C@@H](OCCNC(C)=O)c2cccc(Cl)c2F)C1. The third-order valence-electron chi connectivity index (χ3n) is 7.36. The first-order chi connectivity index (χ1) is 17.4. The van der Waals surface area contributed by atoms with Gasteiger partial charge in [-0.25, -0.2) is 9.18 Å². The van der Waals surface area contributed by atoms with E-state index >= 15 is 0 Å². The van der Waals surface area contributed by atoms with Gasteiger partial charge < -0.3 is 25.6 Å². The smallest absolute Gasteiger partial charge is 0.317 e. The molecule has 1 saturated heterocycles. The first-order valence-electron chi connectivity index (χ1n) is 13.4. The number of likely N-dealkylation sites (N-methyl/N-ethyl adjacent to an activating group) is 1. The number of carbonyl (C=O) groups excluding carboxylic acids is 2. The molecule has 0 aromatic heterocycles. The maximum Gasteiger partial charge on any atom is 0.317 e. The standard InChI is InChI=1S/C27H42ClFN4O3/c1-19(34)31-13-15-36-26(23-11-6-12-24(28)25(23)29)21-10-7-14-33(18-21)27(35)32-22(17-30-2)16-20-8-4-3-5-9-20/h6,11-12,20-22,26,30H,3-5,7-10,13-18H2,1-2H3,(H,31,34)(H,32,35)/t21?,22?,26-/m1/s1. The number of hydrogen-bond donors (Lipinski definition) is 3. The van der Waals surface area contributed by atoms with Crippen LogP contribution in [0.2, 0.25) is 5.02 Å². The first kappa shape index (κ1) is 28.7. The van der Waals surface area contributed by atoms with Crippen LogP contribution < -0.4 is 16.0 Å². The molecule has 0 radical (unpaired) electrons. The lowest BCUT2D eigenvalue weighted by Gasteiger charge is -2.38. The molecule has 202 valence electrons. The highest BCUT2D eigenvalue weighted by atomic mass is 35.5. The fraction of sp³-hybridized carbons (Fsp3) is 0.704. The van der Waals surface area contributed by atoms with E-state index in [9.17, 15) is 14.0 Å². The average molecular weight is 525 g/mol. The molecular formula is C27H42ClFN4O3. The summed E-state index contributed by atoms with van der Waals surface area (Å²) in [6.07, 6.45) is 8.40. The van der Waals surface area contributed by atoms with Gasteiger partial charge >= 0.3 is 6.03 Å². The minimum atomic E-state index is -0.566. The van der Waals surface area contributed by atoms with E-state index in [1.54, 1.807) is 12.1 Å². The van der Waals surface area contributed by atoms with Gasteiger partial charge in [0.25, 0.3) is 0 Å². The van der Waals surface area contributed by atoms with E-state index in [-0.39, 0.29) is 35.5 Å². The Labute approximate surface area is 219 Å². The van der Waals surface area contributed by atoms with E-state index in [0.717, 1.165) is 25.8 Å². The molecule has 36 heavy (non-hydrogen) atoms. The van der Waals surface area contributed by atoms with E-state index in [0.29, 0.717) is 31.1 Å². The second-order valence-corrected chi connectivity index (χ2v) is 10.6. The summed E-state index contributed by atoms with van der Waals surface area (Å²) in [4.78, 5) is 26.4. The number of carbonyl (C=O) groups is 2. The largest absolute Gasteiger partial charge is 0.371 e. The number of piperidine rings is 1. The molecule has 0 spiro atoms. The van der Waals surface area contributed by atoms with Gasteiger partial charge in [-0.05, 0) is 38.3 Å². The van der Waals surface area contributed by atoms with Gasteiger partial charge in [-0.2, -0.15) is 0 Å². The Balaban J connectivity index is 1.66. The highest BCUT2D eigenvalue weighted by Gasteiger charge is 2.33. The molecule has 7 nitrogen and oxygen atoms in total.